The third-order valence-corrected chi connectivity index (χ3v) is 4.86. The SMILES string of the molecule is c1ccc(C(c2cccc3ccccc23)n2nnc3ccccc32)cc1. The lowest BCUT2D eigenvalue weighted by atomic mass is 9.93. The Hall–Kier alpha value is -3.46. The van der Waals surface area contributed by atoms with Gasteiger partial charge in [-0.1, -0.05) is 90.1 Å². The molecule has 1 atom stereocenters. The molecule has 124 valence electrons. The van der Waals surface area contributed by atoms with Crippen molar-refractivity contribution in [1.82, 2.24) is 15.0 Å². The maximum absolute atomic E-state index is 4.52. The molecule has 0 saturated carbocycles. The Bertz CT molecular complexity index is 1190. The molecule has 0 radical (unpaired) electrons. The fourth-order valence-corrected chi connectivity index (χ4v) is 3.65. The summed E-state index contributed by atoms with van der Waals surface area (Å²) in [6.07, 6.45) is 0. The van der Waals surface area contributed by atoms with Gasteiger partial charge in [0.25, 0.3) is 0 Å². The second-order valence-electron chi connectivity index (χ2n) is 6.40. The van der Waals surface area contributed by atoms with Gasteiger partial charge >= 0.3 is 0 Å². The molecule has 3 heteroatoms. The van der Waals surface area contributed by atoms with Crippen LogP contribution in [0.15, 0.2) is 97.1 Å². The number of fused-ring (bicyclic) bond motifs is 2. The average molecular weight is 335 g/mol. The molecule has 0 fully saturated rings. The number of aromatic nitrogens is 3. The predicted octanol–water partition coefficient (Wildman–Crippen LogP) is 5.22. The Balaban J connectivity index is 1.83. The maximum Gasteiger partial charge on any atom is 0.113 e. The van der Waals surface area contributed by atoms with Crippen molar-refractivity contribution >= 4 is 21.8 Å². The van der Waals surface area contributed by atoms with E-state index in [0.29, 0.717) is 0 Å². The zero-order chi connectivity index (χ0) is 17.3. The summed E-state index contributed by atoms with van der Waals surface area (Å²) in [5.74, 6) is 0. The van der Waals surface area contributed by atoms with Crippen molar-refractivity contribution in [3.05, 3.63) is 108 Å². The van der Waals surface area contributed by atoms with Gasteiger partial charge in [-0.15, -0.1) is 5.10 Å². The van der Waals surface area contributed by atoms with Crippen LogP contribution in [0.2, 0.25) is 0 Å². The van der Waals surface area contributed by atoms with Gasteiger partial charge in [0.05, 0.1) is 5.52 Å². The van der Waals surface area contributed by atoms with E-state index in [9.17, 15) is 0 Å². The van der Waals surface area contributed by atoms with Crippen LogP contribution in [-0.2, 0) is 0 Å². The average Bonchev–Trinajstić information content (AvgIpc) is 3.13. The Morgan fingerprint density at radius 1 is 0.654 bits per heavy atom. The number of rotatable bonds is 3. The van der Waals surface area contributed by atoms with E-state index >= 15 is 0 Å². The summed E-state index contributed by atoms with van der Waals surface area (Å²) in [6.45, 7) is 0. The number of hydrogen-bond donors (Lipinski definition) is 0. The fraction of sp³-hybridized carbons (Fsp3) is 0.0435. The first-order chi connectivity index (χ1) is 12.9. The van der Waals surface area contributed by atoms with Gasteiger partial charge in [-0.2, -0.15) is 0 Å². The van der Waals surface area contributed by atoms with Gasteiger partial charge in [0.15, 0.2) is 0 Å². The highest BCUT2D eigenvalue weighted by molar-refractivity contribution is 5.87. The smallest absolute Gasteiger partial charge is 0.113 e. The summed E-state index contributed by atoms with van der Waals surface area (Å²) >= 11 is 0. The Morgan fingerprint density at radius 2 is 1.38 bits per heavy atom. The van der Waals surface area contributed by atoms with Crippen LogP contribution in [0, 0.1) is 0 Å². The van der Waals surface area contributed by atoms with Crippen molar-refractivity contribution in [3.63, 3.8) is 0 Å². The molecule has 0 N–H and O–H groups in total. The number of para-hydroxylation sites is 1. The maximum atomic E-state index is 4.52. The van der Waals surface area contributed by atoms with Gasteiger partial charge in [-0.25, -0.2) is 4.68 Å². The lowest BCUT2D eigenvalue weighted by molar-refractivity contribution is 0.592. The summed E-state index contributed by atoms with van der Waals surface area (Å²) < 4.78 is 2.03. The molecule has 1 aromatic heterocycles. The number of nitrogens with zero attached hydrogens (tertiary/aromatic N) is 3. The molecule has 0 saturated heterocycles. The fourth-order valence-electron chi connectivity index (χ4n) is 3.65. The van der Waals surface area contributed by atoms with Crippen molar-refractivity contribution in [2.24, 2.45) is 0 Å². The van der Waals surface area contributed by atoms with Gasteiger partial charge in [-0.3, -0.25) is 0 Å². The normalized spacial score (nSPS) is 12.5. The molecule has 0 amide bonds. The zero-order valence-corrected chi connectivity index (χ0v) is 14.2. The largest absolute Gasteiger partial charge is 0.233 e. The number of benzene rings is 4. The molecule has 5 aromatic rings. The highest BCUT2D eigenvalue weighted by atomic mass is 15.4. The second-order valence-corrected chi connectivity index (χ2v) is 6.40. The van der Waals surface area contributed by atoms with Gasteiger partial charge in [0.1, 0.15) is 11.6 Å². The van der Waals surface area contributed by atoms with Crippen molar-refractivity contribution in [2.45, 2.75) is 6.04 Å². The highest BCUT2D eigenvalue weighted by Gasteiger charge is 2.21. The summed E-state index contributed by atoms with van der Waals surface area (Å²) in [6, 6.07) is 33.6. The van der Waals surface area contributed by atoms with Gasteiger partial charge in [-0.05, 0) is 34.0 Å². The summed E-state index contributed by atoms with van der Waals surface area (Å²) in [7, 11) is 0. The Morgan fingerprint density at radius 3 is 2.31 bits per heavy atom. The summed E-state index contributed by atoms with van der Waals surface area (Å²) in [5.41, 5.74) is 4.37. The van der Waals surface area contributed by atoms with Crippen molar-refractivity contribution < 1.29 is 0 Å². The zero-order valence-electron chi connectivity index (χ0n) is 14.2. The molecule has 3 nitrogen and oxygen atoms in total. The third kappa shape index (κ3) is 2.37. The monoisotopic (exact) mass is 335 g/mol. The molecule has 5 rings (SSSR count). The molecule has 0 aliphatic rings. The molecule has 4 aromatic carbocycles. The quantitative estimate of drug-likeness (QED) is 0.452. The first-order valence-corrected chi connectivity index (χ1v) is 8.74. The van der Waals surface area contributed by atoms with Crippen molar-refractivity contribution in [1.29, 1.82) is 0 Å². The molecule has 0 bridgehead atoms. The number of hydrogen-bond acceptors (Lipinski definition) is 2. The lowest BCUT2D eigenvalue weighted by Gasteiger charge is -2.21. The van der Waals surface area contributed by atoms with Crippen LogP contribution in [0.1, 0.15) is 17.2 Å². The van der Waals surface area contributed by atoms with Gasteiger partial charge in [0, 0.05) is 0 Å². The minimum atomic E-state index is -0.0327. The molecule has 1 unspecified atom stereocenters. The van der Waals surface area contributed by atoms with Crippen molar-refractivity contribution in [2.75, 3.05) is 0 Å². The van der Waals surface area contributed by atoms with Gasteiger partial charge in [0.2, 0.25) is 0 Å². The van der Waals surface area contributed by atoms with Crippen LogP contribution in [0.3, 0.4) is 0 Å². The second kappa shape index (κ2) is 6.12. The van der Waals surface area contributed by atoms with E-state index in [1.165, 1.54) is 21.9 Å². The molecule has 1 heterocycles. The first-order valence-electron chi connectivity index (χ1n) is 8.74. The summed E-state index contributed by atoms with van der Waals surface area (Å²) in [5, 5.41) is 11.4. The third-order valence-electron chi connectivity index (χ3n) is 4.86. The van der Waals surface area contributed by atoms with E-state index in [2.05, 4.69) is 83.1 Å². The van der Waals surface area contributed by atoms with E-state index in [-0.39, 0.29) is 6.04 Å². The van der Waals surface area contributed by atoms with Crippen molar-refractivity contribution in [3.8, 4) is 0 Å². The van der Waals surface area contributed by atoms with E-state index in [4.69, 9.17) is 0 Å². The minimum Gasteiger partial charge on any atom is -0.233 e. The minimum absolute atomic E-state index is 0.0327. The van der Waals surface area contributed by atoms with E-state index < -0.39 is 0 Å². The highest BCUT2D eigenvalue weighted by Crippen LogP contribution is 2.33. The Kier molecular flexibility index (Phi) is 3.49. The molecular formula is C23H17N3. The van der Waals surface area contributed by atoms with Crippen LogP contribution in [0.5, 0.6) is 0 Å². The van der Waals surface area contributed by atoms with E-state index in [0.717, 1.165) is 11.0 Å². The van der Waals surface area contributed by atoms with Crippen LogP contribution < -0.4 is 0 Å². The van der Waals surface area contributed by atoms with E-state index in [1.807, 2.05) is 28.9 Å². The topological polar surface area (TPSA) is 30.7 Å². The molecular weight excluding hydrogens is 318 g/mol. The molecule has 0 aliphatic carbocycles. The van der Waals surface area contributed by atoms with Gasteiger partial charge < -0.3 is 0 Å². The first kappa shape index (κ1) is 14.8. The summed E-state index contributed by atoms with van der Waals surface area (Å²) in [4.78, 5) is 0. The van der Waals surface area contributed by atoms with Crippen LogP contribution >= 0.6 is 0 Å². The molecule has 26 heavy (non-hydrogen) atoms. The molecule has 0 aliphatic heterocycles. The lowest BCUT2D eigenvalue weighted by Crippen LogP contribution is -2.14. The van der Waals surface area contributed by atoms with Crippen LogP contribution in [-0.4, -0.2) is 15.0 Å². The van der Waals surface area contributed by atoms with E-state index in [1.54, 1.807) is 0 Å². The molecule has 0 spiro atoms. The predicted molar refractivity (Wildman–Crippen MR) is 105 cm³/mol. The van der Waals surface area contributed by atoms with Crippen LogP contribution in [0.25, 0.3) is 21.8 Å². The Labute approximate surface area is 151 Å². The van der Waals surface area contributed by atoms with Crippen LogP contribution in [0.4, 0.5) is 0 Å². The standard InChI is InChI=1S/C23H17N3/c1-2-10-18(11-3-1)23(26-22-16-7-6-15-21(22)24-25-26)20-14-8-12-17-9-4-5-13-19(17)20/h1-16,23H.